The molecule has 162 valence electrons. The van der Waals surface area contributed by atoms with Crippen molar-refractivity contribution in [1.82, 2.24) is 25.8 Å². The van der Waals surface area contributed by atoms with Crippen LogP contribution in [-0.2, 0) is 6.54 Å². The molecule has 3 rings (SSSR count). The quantitative estimate of drug-likeness (QED) is 0.506. The van der Waals surface area contributed by atoms with E-state index < -0.39 is 5.91 Å². The maximum Gasteiger partial charge on any atom is 0.285 e. The lowest BCUT2D eigenvalue weighted by Crippen LogP contribution is -2.37. The van der Waals surface area contributed by atoms with Crippen molar-refractivity contribution >= 4 is 5.91 Å². The van der Waals surface area contributed by atoms with Crippen molar-refractivity contribution in [2.75, 3.05) is 14.2 Å². The van der Waals surface area contributed by atoms with Crippen molar-refractivity contribution in [2.45, 2.75) is 26.5 Å². The monoisotopic (exact) mass is 423 g/mol. The number of methoxy groups -OCH3 is 2. The second-order valence-corrected chi connectivity index (χ2v) is 6.87. The SMILES string of the molecule is COc1cc(CNNC(=O)c2cncc(-c3ccc(OC(C)C)nc3)n2)cc(OC)c1. The van der Waals surface area contributed by atoms with Gasteiger partial charge in [0.05, 0.1) is 38.4 Å². The number of hydrogen-bond acceptors (Lipinski definition) is 8. The number of carbonyl (C=O) groups is 1. The van der Waals surface area contributed by atoms with Gasteiger partial charge in [-0.15, -0.1) is 0 Å². The molecule has 9 nitrogen and oxygen atoms in total. The highest BCUT2D eigenvalue weighted by atomic mass is 16.5. The van der Waals surface area contributed by atoms with Crippen LogP contribution in [0.3, 0.4) is 0 Å². The number of pyridine rings is 1. The van der Waals surface area contributed by atoms with Gasteiger partial charge in [0.15, 0.2) is 0 Å². The first-order valence-electron chi connectivity index (χ1n) is 9.68. The largest absolute Gasteiger partial charge is 0.497 e. The van der Waals surface area contributed by atoms with Crippen molar-refractivity contribution in [1.29, 1.82) is 0 Å². The Bertz CT molecular complexity index is 1000. The lowest BCUT2D eigenvalue weighted by molar-refractivity contribution is 0.0927. The zero-order valence-electron chi connectivity index (χ0n) is 17.9. The van der Waals surface area contributed by atoms with E-state index in [4.69, 9.17) is 14.2 Å². The molecular formula is C22H25N5O4. The van der Waals surface area contributed by atoms with Gasteiger partial charge in [0, 0.05) is 30.4 Å². The van der Waals surface area contributed by atoms with E-state index >= 15 is 0 Å². The summed E-state index contributed by atoms with van der Waals surface area (Å²) in [6.45, 7) is 4.23. The second kappa shape index (κ2) is 10.4. The summed E-state index contributed by atoms with van der Waals surface area (Å²) in [7, 11) is 3.17. The molecule has 0 radical (unpaired) electrons. The van der Waals surface area contributed by atoms with E-state index in [2.05, 4.69) is 25.8 Å². The number of nitrogens with one attached hydrogen (secondary N) is 2. The maximum atomic E-state index is 12.5. The number of carbonyl (C=O) groups excluding carboxylic acids is 1. The molecule has 0 unspecified atom stereocenters. The fourth-order valence-corrected chi connectivity index (χ4v) is 2.72. The van der Waals surface area contributed by atoms with Gasteiger partial charge in [0.25, 0.3) is 5.91 Å². The predicted molar refractivity (Wildman–Crippen MR) is 115 cm³/mol. The minimum Gasteiger partial charge on any atom is -0.497 e. The molecular weight excluding hydrogens is 398 g/mol. The van der Waals surface area contributed by atoms with Crippen LogP contribution >= 0.6 is 0 Å². The first kappa shape index (κ1) is 22.0. The molecule has 3 aromatic rings. The average molecular weight is 423 g/mol. The summed E-state index contributed by atoms with van der Waals surface area (Å²) in [4.78, 5) is 25.2. The highest BCUT2D eigenvalue weighted by Crippen LogP contribution is 2.22. The van der Waals surface area contributed by atoms with Gasteiger partial charge in [-0.25, -0.2) is 15.4 Å². The lowest BCUT2D eigenvalue weighted by atomic mass is 10.2. The third-order valence-electron chi connectivity index (χ3n) is 4.16. The van der Waals surface area contributed by atoms with E-state index in [-0.39, 0.29) is 11.8 Å². The molecule has 2 N–H and O–H groups in total. The van der Waals surface area contributed by atoms with Crippen LogP contribution in [0, 0.1) is 0 Å². The van der Waals surface area contributed by atoms with Crippen LogP contribution < -0.4 is 25.1 Å². The summed E-state index contributed by atoms with van der Waals surface area (Å²) in [6, 6.07) is 9.06. The summed E-state index contributed by atoms with van der Waals surface area (Å²) in [5.74, 6) is 1.45. The Kier molecular flexibility index (Phi) is 7.34. The number of hydrazine groups is 1. The van der Waals surface area contributed by atoms with Gasteiger partial charge in [-0.1, -0.05) is 0 Å². The van der Waals surface area contributed by atoms with Crippen molar-refractivity contribution in [3.63, 3.8) is 0 Å². The maximum absolute atomic E-state index is 12.5. The van der Waals surface area contributed by atoms with Crippen molar-refractivity contribution in [3.8, 4) is 28.6 Å². The zero-order valence-corrected chi connectivity index (χ0v) is 17.9. The second-order valence-electron chi connectivity index (χ2n) is 6.87. The standard InChI is InChI=1S/C22H25N5O4/c1-14(2)31-21-6-5-16(11-24-21)19-12-23-13-20(26-19)22(28)27-25-10-15-7-17(29-3)9-18(8-15)30-4/h5-9,11-14,25H,10H2,1-4H3,(H,27,28). The van der Waals surface area contributed by atoms with Gasteiger partial charge < -0.3 is 14.2 Å². The normalized spacial score (nSPS) is 10.6. The van der Waals surface area contributed by atoms with Crippen LogP contribution in [0.2, 0.25) is 0 Å². The molecule has 0 bridgehead atoms. The Morgan fingerprint density at radius 1 is 1.03 bits per heavy atom. The summed E-state index contributed by atoms with van der Waals surface area (Å²) >= 11 is 0. The molecule has 2 heterocycles. The number of hydrogen-bond donors (Lipinski definition) is 2. The van der Waals surface area contributed by atoms with Crippen molar-refractivity contribution in [3.05, 3.63) is 60.2 Å². The molecule has 0 aliphatic heterocycles. The molecule has 0 saturated carbocycles. The minimum atomic E-state index is -0.406. The summed E-state index contributed by atoms with van der Waals surface area (Å²) < 4.78 is 16.0. The number of rotatable bonds is 9. The number of amides is 1. The van der Waals surface area contributed by atoms with Crippen LogP contribution in [0.5, 0.6) is 17.4 Å². The van der Waals surface area contributed by atoms with Gasteiger partial charge in [-0.05, 0) is 37.6 Å². The van der Waals surface area contributed by atoms with E-state index in [9.17, 15) is 4.79 Å². The molecule has 1 aromatic carbocycles. The van der Waals surface area contributed by atoms with Gasteiger partial charge in [-0.3, -0.25) is 15.2 Å². The first-order chi connectivity index (χ1) is 15.0. The smallest absolute Gasteiger partial charge is 0.285 e. The Morgan fingerprint density at radius 3 is 2.39 bits per heavy atom. The van der Waals surface area contributed by atoms with Crippen molar-refractivity contribution < 1.29 is 19.0 Å². The Labute approximate surface area is 180 Å². The number of nitrogens with zero attached hydrogens (tertiary/aromatic N) is 3. The van der Waals surface area contributed by atoms with Crippen LogP contribution in [0.25, 0.3) is 11.3 Å². The van der Waals surface area contributed by atoms with E-state index in [1.165, 1.54) is 6.20 Å². The number of benzene rings is 1. The summed E-state index contributed by atoms with van der Waals surface area (Å²) in [6.07, 6.45) is 4.65. The molecule has 1 amide bonds. The fraction of sp³-hybridized carbons (Fsp3) is 0.273. The molecule has 2 aromatic heterocycles. The van der Waals surface area contributed by atoms with Gasteiger partial charge in [-0.2, -0.15) is 0 Å². The van der Waals surface area contributed by atoms with E-state index in [1.807, 2.05) is 32.0 Å². The Hall–Kier alpha value is -3.72. The van der Waals surface area contributed by atoms with Crippen LogP contribution in [0.4, 0.5) is 0 Å². The van der Waals surface area contributed by atoms with E-state index in [0.29, 0.717) is 29.6 Å². The van der Waals surface area contributed by atoms with E-state index in [1.54, 1.807) is 38.7 Å². The highest BCUT2D eigenvalue weighted by molar-refractivity contribution is 5.92. The Balaban J connectivity index is 1.63. The number of aromatic nitrogens is 3. The average Bonchev–Trinajstić information content (AvgIpc) is 2.79. The molecule has 31 heavy (non-hydrogen) atoms. The summed E-state index contributed by atoms with van der Waals surface area (Å²) in [5.41, 5.74) is 7.83. The summed E-state index contributed by atoms with van der Waals surface area (Å²) in [5, 5.41) is 0. The molecule has 0 spiro atoms. The topological polar surface area (TPSA) is 107 Å². The lowest BCUT2D eigenvalue weighted by Gasteiger charge is -2.11. The van der Waals surface area contributed by atoms with Crippen LogP contribution in [0.15, 0.2) is 48.9 Å². The predicted octanol–water partition coefficient (Wildman–Crippen LogP) is 2.78. The molecule has 0 aliphatic carbocycles. The number of ether oxygens (including phenoxy) is 3. The zero-order chi connectivity index (χ0) is 22.2. The highest BCUT2D eigenvalue weighted by Gasteiger charge is 2.11. The molecule has 0 fully saturated rings. The fourth-order valence-electron chi connectivity index (χ4n) is 2.72. The molecule has 0 saturated heterocycles. The third kappa shape index (κ3) is 6.13. The van der Waals surface area contributed by atoms with E-state index in [0.717, 1.165) is 11.1 Å². The van der Waals surface area contributed by atoms with Crippen LogP contribution in [0.1, 0.15) is 29.9 Å². The Morgan fingerprint density at radius 2 is 1.77 bits per heavy atom. The van der Waals surface area contributed by atoms with Crippen LogP contribution in [-0.4, -0.2) is 41.2 Å². The molecule has 0 atom stereocenters. The van der Waals surface area contributed by atoms with Gasteiger partial charge in [0.1, 0.15) is 17.2 Å². The van der Waals surface area contributed by atoms with Crippen molar-refractivity contribution in [2.24, 2.45) is 0 Å². The first-order valence-corrected chi connectivity index (χ1v) is 9.68. The molecule has 0 aliphatic rings. The van der Waals surface area contributed by atoms with Gasteiger partial charge >= 0.3 is 0 Å². The minimum absolute atomic E-state index is 0.0377. The van der Waals surface area contributed by atoms with Gasteiger partial charge in [0.2, 0.25) is 5.88 Å². The third-order valence-corrected chi connectivity index (χ3v) is 4.16. The molecule has 9 heteroatoms.